The fourth-order valence-corrected chi connectivity index (χ4v) is 4.46. The zero-order valence-corrected chi connectivity index (χ0v) is 17.5. The molecule has 0 aliphatic heterocycles. The summed E-state index contributed by atoms with van der Waals surface area (Å²) >= 11 is 2.95. The molecule has 2 rings (SSSR count). The molecule has 0 fully saturated rings. The highest BCUT2D eigenvalue weighted by atomic mass is 32.2. The van der Waals surface area contributed by atoms with Crippen molar-refractivity contribution in [2.45, 2.75) is 25.1 Å². The van der Waals surface area contributed by atoms with E-state index in [1.54, 1.807) is 43.0 Å². The molecule has 0 aliphatic carbocycles. The Bertz CT molecular complexity index is 848. The van der Waals surface area contributed by atoms with Gasteiger partial charge in [0.15, 0.2) is 4.34 Å². The molecule has 10 heteroatoms. The molecule has 0 unspecified atom stereocenters. The van der Waals surface area contributed by atoms with Crippen LogP contribution in [0.25, 0.3) is 0 Å². The van der Waals surface area contributed by atoms with Crippen molar-refractivity contribution in [3.63, 3.8) is 0 Å². The fourth-order valence-electron chi connectivity index (χ4n) is 1.90. The van der Waals surface area contributed by atoms with E-state index in [0.717, 1.165) is 10.1 Å². The number of aromatic nitrogens is 2. The number of nitrogens with one attached hydrogen (secondary N) is 1. The summed E-state index contributed by atoms with van der Waals surface area (Å²) in [7, 11) is -1.84. The first kappa shape index (κ1) is 20.7. The monoisotopic (exact) mass is 414 g/mol. The molecular weight excluding hydrogens is 392 g/mol. The van der Waals surface area contributed by atoms with Gasteiger partial charge in [-0.1, -0.05) is 36.9 Å². The van der Waals surface area contributed by atoms with Crippen LogP contribution >= 0.6 is 23.1 Å². The Morgan fingerprint density at radius 2 is 1.92 bits per heavy atom. The van der Waals surface area contributed by atoms with Crippen molar-refractivity contribution in [3.05, 3.63) is 29.8 Å². The van der Waals surface area contributed by atoms with Crippen LogP contribution in [0, 0.1) is 5.92 Å². The molecule has 0 saturated heterocycles. The second kappa shape index (κ2) is 8.83. The van der Waals surface area contributed by atoms with Crippen LogP contribution in [0.15, 0.2) is 28.6 Å². The van der Waals surface area contributed by atoms with Crippen molar-refractivity contribution >= 4 is 49.8 Å². The Balaban J connectivity index is 2.02. The number of sulfonamides is 1. The van der Waals surface area contributed by atoms with Crippen molar-refractivity contribution in [2.24, 2.45) is 5.92 Å². The van der Waals surface area contributed by atoms with Gasteiger partial charge >= 0.3 is 0 Å². The van der Waals surface area contributed by atoms with E-state index in [4.69, 9.17) is 0 Å². The molecule has 0 spiro atoms. The van der Waals surface area contributed by atoms with Gasteiger partial charge in [0.1, 0.15) is 0 Å². The van der Waals surface area contributed by atoms with Crippen LogP contribution < -0.4 is 9.62 Å². The smallest absolute Gasteiger partial charge is 0.257 e. The molecule has 1 heterocycles. The highest BCUT2D eigenvalue weighted by molar-refractivity contribution is 8.01. The van der Waals surface area contributed by atoms with E-state index in [9.17, 15) is 13.2 Å². The Kier molecular flexibility index (Phi) is 7.01. The molecule has 7 nitrogen and oxygen atoms in total. The maximum absolute atomic E-state index is 12.3. The predicted octanol–water partition coefficient (Wildman–Crippen LogP) is 3.32. The van der Waals surface area contributed by atoms with Gasteiger partial charge in [0.2, 0.25) is 15.2 Å². The summed E-state index contributed by atoms with van der Waals surface area (Å²) in [5.74, 6) is 1.20. The molecular formula is C16H22N4O3S3. The summed E-state index contributed by atoms with van der Waals surface area (Å²) < 4.78 is 25.8. The average Bonchev–Trinajstić information content (AvgIpc) is 3.06. The maximum atomic E-state index is 12.3. The predicted molar refractivity (Wildman–Crippen MR) is 108 cm³/mol. The fraction of sp³-hybridized carbons (Fsp3) is 0.438. The maximum Gasteiger partial charge on any atom is 0.257 e. The molecule has 0 saturated carbocycles. The van der Waals surface area contributed by atoms with Gasteiger partial charge in [-0.3, -0.25) is 14.4 Å². The Morgan fingerprint density at radius 3 is 2.50 bits per heavy atom. The first-order valence-corrected chi connectivity index (χ1v) is 11.5. The van der Waals surface area contributed by atoms with Crippen molar-refractivity contribution in [1.29, 1.82) is 0 Å². The lowest BCUT2D eigenvalue weighted by molar-refractivity contribution is 0.102. The number of amides is 1. The second-order valence-corrected chi connectivity index (χ2v) is 10.5. The minimum Gasteiger partial charge on any atom is -0.296 e. The van der Waals surface area contributed by atoms with Gasteiger partial charge in [0.25, 0.3) is 5.91 Å². The third kappa shape index (κ3) is 5.42. The van der Waals surface area contributed by atoms with Crippen molar-refractivity contribution in [2.75, 3.05) is 28.2 Å². The van der Waals surface area contributed by atoms with Crippen LogP contribution in [0.4, 0.5) is 10.8 Å². The molecule has 0 atom stereocenters. The van der Waals surface area contributed by atoms with E-state index in [1.807, 2.05) is 0 Å². The third-order valence-corrected chi connectivity index (χ3v) is 7.62. The highest BCUT2D eigenvalue weighted by Gasteiger charge is 2.16. The largest absolute Gasteiger partial charge is 0.296 e. The quantitative estimate of drug-likeness (QED) is 0.526. The van der Waals surface area contributed by atoms with Crippen LogP contribution in [0.3, 0.4) is 0 Å². The van der Waals surface area contributed by atoms with Gasteiger partial charge in [0.05, 0.1) is 11.4 Å². The number of anilines is 2. The number of carbonyl (C=O) groups is 1. The molecule has 1 aromatic carbocycles. The van der Waals surface area contributed by atoms with Crippen LogP contribution in [-0.4, -0.2) is 43.1 Å². The number of carbonyl (C=O) groups excluding carboxylic acids is 1. The molecule has 0 aliphatic rings. The lowest BCUT2D eigenvalue weighted by atomic mass is 10.2. The topological polar surface area (TPSA) is 92.3 Å². The summed E-state index contributed by atoms with van der Waals surface area (Å²) in [5.41, 5.74) is 0.925. The van der Waals surface area contributed by atoms with Gasteiger partial charge < -0.3 is 0 Å². The Hall–Kier alpha value is -1.65. The number of rotatable bonds is 8. The van der Waals surface area contributed by atoms with Gasteiger partial charge in [-0.25, -0.2) is 8.42 Å². The first-order chi connectivity index (χ1) is 12.2. The molecule has 1 aromatic heterocycles. The van der Waals surface area contributed by atoms with Crippen LogP contribution in [0.1, 0.15) is 31.1 Å². The lowest BCUT2D eigenvalue weighted by Crippen LogP contribution is -2.28. The Morgan fingerprint density at radius 1 is 1.27 bits per heavy atom. The number of hydrogen-bond donors (Lipinski definition) is 1. The minimum absolute atomic E-state index is 0.0138. The summed E-state index contributed by atoms with van der Waals surface area (Å²) in [4.78, 5) is 12.3. The average molecular weight is 415 g/mol. The summed E-state index contributed by atoms with van der Waals surface area (Å²) in [6.07, 6.45) is 0. The first-order valence-electron chi connectivity index (χ1n) is 8.07. The van der Waals surface area contributed by atoms with E-state index in [-0.39, 0.29) is 11.7 Å². The van der Waals surface area contributed by atoms with E-state index < -0.39 is 10.0 Å². The molecule has 0 bridgehead atoms. The zero-order valence-electron chi connectivity index (χ0n) is 15.1. The SMILES string of the molecule is CCS(=O)(=O)N(C)c1ccc(C(=O)Nc2nnc(SCC(C)C)s2)cc1. The standard InChI is InChI=1S/C16H22N4O3S3/c1-5-26(22,23)20(4)13-8-6-12(7-9-13)14(21)17-15-18-19-16(25-15)24-10-11(2)3/h6-9,11H,5,10H2,1-4H3,(H,17,18,21). The summed E-state index contributed by atoms with van der Waals surface area (Å²) in [6, 6.07) is 6.38. The van der Waals surface area contributed by atoms with E-state index >= 15 is 0 Å². The number of thioether (sulfide) groups is 1. The normalized spacial score (nSPS) is 11.6. The van der Waals surface area contributed by atoms with Gasteiger partial charge in [-0.2, -0.15) is 0 Å². The molecule has 1 N–H and O–H groups in total. The van der Waals surface area contributed by atoms with Gasteiger partial charge in [-0.05, 0) is 37.1 Å². The second-order valence-electron chi connectivity index (χ2n) is 5.95. The number of nitrogens with zero attached hydrogens (tertiary/aromatic N) is 3. The van der Waals surface area contributed by atoms with Gasteiger partial charge in [0, 0.05) is 18.4 Å². The van der Waals surface area contributed by atoms with Crippen molar-refractivity contribution < 1.29 is 13.2 Å². The number of benzene rings is 1. The molecule has 142 valence electrons. The lowest BCUT2D eigenvalue weighted by Gasteiger charge is -2.18. The van der Waals surface area contributed by atoms with Crippen LogP contribution in [0.2, 0.25) is 0 Å². The zero-order chi connectivity index (χ0) is 19.3. The minimum atomic E-state index is -3.33. The number of hydrogen-bond acceptors (Lipinski definition) is 7. The highest BCUT2D eigenvalue weighted by Crippen LogP contribution is 2.27. The summed E-state index contributed by atoms with van der Waals surface area (Å²) in [5, 5.41) is 11.2. The molecule has 1 amide bonds. The van der Waals surface area contributed by atoms with Crippen LogP contribution in [0.5, 0.6) is 0 Å². The van der Waals surface area contributed by atoms with E-state index in [0.29, 0.717) is 22.3 Å². The third-order valence-electron chi connectivity index (χ3n) is 3.44. The molecule has 2 aromatic rings. The Labute approximate surface area is 162 Å². The molecule has 26 heavy (non-hydrogen) atoms. The van der Waals surface area contributed by atoms with E-state index in [1.165, 1.54) is 22.7 Å². The van der Waals surface area contributed by atoms with E-state index in [2.05, 4.69) is 29.4 Å². The summed E-state index contributed by atoms with van der Waals surface area (Å²) in [6.45, 7) is 5.84. The van der Waals surface area contributed by atoms with Gasteiger partial charge in [-0.15, -0.1) is 10.2 Å². The van der Waals surface area contributed by atoms with Crippen LogP contribution in [-0.2, 0) is 10.0 Å². The van der Waals surface area contributed by atoms with Crippen molar-refractivity contribution in [1.82, 2.24) is 10.2 Å². The molecule has 0 radical (unpaired) electrons. The van der Waals surface area contributed by atoms with Crippen molar-refractivity contribution in [3.8, 4) is 0 Å².